The first-order valence-electron chi connectivity index (χ1n) is 13.2. The number of carbonyl (C=O) groups is 1. The lowest BCUT2D eigenvalue weighted by Gasteiger charge is -2.36. The predicted molar refractivity (Wildman–Crippen MR) is 151 cm³/mol. The van der Waals surface area contributed by atoms with Gasteiger partial charge in [0.2, 0.25) is 5.82 Å². The Morgan fingerprint density at radius 1 is 1.07 bits per heavy atom. The molecule has 1 aromatic carbocycles. The summed E-state index contributed by atoms with van der Waals surface area (Å²) in [5, 5.41) is 25.6. The Balaban J connectivity index is 1.06. The Morgan fingerprint density at radius 3 is 2.73 bits per heavy atom. The highest BCUT2D eigenvalue weighted by Crippen LogP contribution is 2.31. The highest BCUT2D eigenvalue weighted by Gasteiger charge is 2.22. The molecule has 0 spiro atoms. The monoisotopic (exact) mass is 552 g/mol. The Labute approximate surface area is 236 Å². The molecule has 1 fully saturated rings. The van der Waals surface area contributed by atoms with Gasteiger partial charge in [0.15, 0.2) is 11.5 Å². The highest BCUT2D eigenvalue weighted by molar-refractivity contribution is 5.92. The number of nitrogen functional groups attached to an aromatic ring is 1. The number of nitrogens with two attached hydrogens (primary N) is 1. The molecule has 1 saturated heterocycles. The van der Waals surface area contributed by atoms with E-state index in [4.69, 9.17) is 10.5 Å². The summed E-state index contributed by atoms with van der Waals surface area (Å²) in [5.41, 5.74) is 9.34. The lowest BCUT2D eigenvalue weighted by atomic mass is 10.1. The molecule has 2 aliphatic heterocycles. The molecule has 4 aromatic rings. The fraction of sp³-hybridized carbons (Fsp3) is 0.286. The van der Waals surface area contributed by atoms with E-state index in [9.17, 15) is 9.90 Å². The fourth-order valence-electron chi connectivity index (χ4n) is 4.77. The van der Waals surface area contributed by atoms with E-state index in [0.29, 0.717) is 74.5 Å². The summed E-state index contributed by atoms with van der Waals surface area (Å²) in [7, 11) is 0. The van der Waals surface area contributed by atoms with Crippen molar-refractivity contribution in [3.63, 3.8) is 0 Å². The van der Waals surface area contributed by atoms with Gasteiger partial charge in [-0.2, -0.15) is 5.10 Å². The second kappa shape index (κ2) is 11.5. The zero-order valence-corrected chi connectivity index (χ0v) is 22.2. The van der Waals surface area contributed by atoms with E-state index >= 15 is 0 Å². The SMILES string of the molecule is Nc1nnc(-c2ccccc2O)cc1N1CCN(c2ccnc(C#CCNC(=O)c3cc4n(n3)CCOC4)n2)CC1. The molecule has 0 aliphatic carbocycles. The number of para-hydroxylation sites is 1. The van der Waals surface area contributed by atoms with Gasteiger partial charge < -0.3 is 30.7 Å². The molecule has 13 nitrogen and oxygen atoms in total. The summed E-state index contributed by atoms with van der Waals surface area (Å²) in [4.78, 5) is 25.6. The molecule has 2 aliphatic rings. The maximum absolute atomic E-state index is 12.4. The van der Waals surface area contributed by atoms with Crippen LogP contribution in [0.15, 0.2) is 48.7 Å². The number of aromatic hydroxyl groups is 1. The van der Waals surface area contributed by atoms with E-state index in [-0.39, 0.29) is 18.2 Å². The van der Waals surface area contributed by atoms with Gasteiger partial charge in [-0.15, -0.1) is 10.2 Å². The van der Waals surface area contributed by atoms with Crippen LogP contribution in [0, 0.1) is 11.8 Å². The van der Waals surface area contributed by atoms with E-state index in [1.165, 1.54) is 0 Å². The van der Waals surface area contributed by atoms with Crippen LogP contribution < -0.4 is 20.9 Å². The number of amides is 1. The fourth-order valence-corrected chi connectivity index (χ4v) is 4.77. The molecule has 4 N–H and O–H groups in total. The summed E-state index contributed by atoms with van der Waals surface area (Å²) >= 11 is 0. The second-order valence-corrected chi connectivity index (χ2v) is 9.51. The van der Waals surface area contributed by atoms with E-state index < -0.39 is 0 Å². The van der Waals surface area contributed by atoms with Crippen molar-refractivity contribution >= 4 is 23.2 Å². The second-order valence-electron chi connectivity index (χ2n) is 9.51. The quantitative estimate of drug-likeness (QED) is 0.304. The molecule has 0 bridgehead atoms. The van der Waals surface area contributed by atoms with Crippen LogP contribution in [0.5, 0.6) is 5.75 Å². The summed E-state index contributed by atoms with van der Waals surface area (Å²) in [6, 6.07) is 12.5. The van der Waals surface area contributed by atoms with Crippen LogP contribution in [0.4, 0.5) is 17.3 Å². The van der Waals surface area contributed by atoms with E-state index in [1.54, 1.807) is 35.1 Å². The third-order valence-electron chi connectivity index (χ3n) is 6.90. The predicted octanol–water partition coefficient (Wildman–Crippen LogP) is 1.06. The zero-order chi connectivity index (χ0) is 28.2. The normalized spacial score (nSPS) is 14.6. The molecule has 1 amide bonds. The summed E-state index contributed by atoms with van der Waals surface area (Å²) in [5.74, 6) is 7.18. The van der Waals surface area contributed by atoms with E-state index in [2.05, 4.69) is 52.2 Å². The summed E-state index contributed by atoms with van der Waals surface area (Å²) < 4.78 is 7.18. The van der Waals surface area contributed by atoms with E-state index in [0.717, 1.165) is 17.2 Å². The molecule has 208 valence electrons. The zero-order valence-electron chi connectivity index (χ0n) is 22.2. The number of nitrogens with one attached hydrogen (secondary N) is 1. The van der Waals surface area contributed by atoms with Gasteiger partial charge in [-0.1, -0.05) is 18.1 Å². The average Bonchev–Trinajstić information content (AvgIpc) is 3.45. The summed E-state index contributed by atoms with van der Waals surface area (Å²) in [6.45, 7) is 4.62. The molecular formula is C28H28N10O3. The van der Waals surface area contributed by atoms with Crippen LogP contribution in [-0.4, -0.2) is 80.3 Å². The third-order valence-corrected chi connectivity index (χ3v) is 6.90. The molecule has 0 unspecified atom stereocenters. The number of nitrogens with zero attached hydrogens (tertiary/aromatic N) is 8. The van der Waals surface area contributed by atoms with Crippen molar-refractivity contribution in [1.82, 2.24) is 35.3 Å². The van der Waals surface area contributed by atoms with Gasteiger partial charge in [0.25, 0.3) is 5.91 Å². The molecular weight excluding hydrogens is 524 g/mol. The number of ether oxygens (including phenoxy) is 1. The molecule has 3 aromatic heterocycles. The largest absolute Gasteiger partial charge is 0.507 e. The molecule has 13 heteroatoms. The van der Waals surface area contributed by atoms with Crippen molar-refractivity contribution in [2.45, 2.75) is 13.2 Å². The van der Waals surface area contributed by atoms with Gasteiger partial charge in [-0.3, -0.25) is 9.48 Å². The van der Waals surface area contributed by atoms with Crippen molar-refractivity contribution in [1.29, 1.82) is 0 Å². The third kappa shape index (κ3) is 5.73. The number of rotatable bonds is 5. The first kappa shape index (κ1) is 26.0. The Morgan fingerprint density at radius 2 is 1.90 bits per heavy atom. The lowest BCUT2D eigenvalue weighted by Crippen LogP contribution is -2.47. The van der Waals surface area contributed by atoms with Gasteiger partial charge in [0.1, 0.15) is 11.6 Å². The van der Waals surface area contributed by atoms with Crippen LogP contribution in [-0.2, 0) is 17.9 Å². The minimum absolute atomic E-state index is 0.138. The Hall–Kier alpha value is -5.22. The van der Waals surface area contributed by atoms with Crippen LogP contribution in [0.2, 0.25) is 0 Å². The smallest absolute Gasteiger partial charge is 0.272 e. The van der Waals surface area contributed by atoms with Crippen molar-refractivity contribution < 1.29 is 14.6 Å². The number of aromatic nitrogens is 6. The number of piperazine rings is 1. The number of phenolic OH excluding ortho intramolecular Hbond substituents is 1. The van der Waals surface area contributed by atoms with Crippen LogP contribution in [0.25, 0.3) is 11.3 Å². The minimum atomic E-state index is -0.286. The number of hydrogen-bond donors (Lipinski definition) is 3. The van der Waals surface area contributed by atoms with Crippen molar-refractivity contribution in [3.05, 3.63) is 65.9 Å². The van der Waals surface area contributed by atoms with Crippen LogP contribution in [0.3, 0.4) is 0 Å². The van der Waals surface area contributed by atoms with Gasteiger partial charge >= 0.3 is 0 Å². The lowest BCUT2D eigenvalue weighted by molar-refractivity contribution is 0.0797. The molecule has 6 rings (SSSR count). The first-order valence-corrected chi connectivity index (χ1v) is 13.2. The number of phenols is 1. The van der Waals surface area contributed by atoms with Crippen LogP contribution in [0.1, 0.15) is 22.0 Å². The van der Waals surface area contributed by atoms with Crippen LogP contribution >= 0.6 is 0 Å². The average molecular weight is 553 g/mol. The maximum atomic E-state index is 12.4. The highest BCUT2D eigenvalue weighted by atomic mass is 16.5. The molecule has 41 heavy (non-hydrogen) atoms. The van der Waals surface area contributed by atoms with Gasteiger partial charge in [-0.25, -0.2) is 9.97 Å². The number of carbonyl (C=O) groups excluding carboxylic acids is 1. The van der Waals surface area contributed by atoms with Crippen molar-refractivity contribution in [3.8, 4) is 28.8 Å². The number of hydrogen-bond acceptors (Lipinski definition) is 11. The van der Waals surface area contributed by atoms with Gasteiger partial charge in [0.05, 0.1) is 43.4 Å². The van der Waals surface area contributed by atoms with E-state index in [1.807, 2.05) is 18.2 Å². The minimum Gasteiger partial charge on any atom is -0.507 e. The molecule has 0 saturated carbocycles. The van der Waals surface area contributed by atoms with Crippen molar-refractivity contribution in [2.24, 2.45) is 0 Å². The van der Waals surface area contributed by atoms with Crippen molar-refractivity contribution in [2.75, 3.05) is 54.9 Å². The number of benzene rings is 1. The topological polar surface area (TPSA) is 160 Å². The first-order chi connectivity index (χ1) is 20.0. The number of anilines is 3. The molecule has 0 radical (unpaired) electrons. The van der Waals surface area contributed by atoms with Gasteiger partial charge in [0, 0.05) is 37.9 Å². The molecule has 5 heterocycles. The Kier molecular flexibility index (Phi) is 7.29. The Bertz CT molecular complexity index is 1610. The standard InChI is InChI=1S/C28H28N10O3/c29-27-23(17-21(33-34-27)20-4-1-2-5-24(20)39)36-10-12-37(13-11-36)26-7-9-30-25(32-26)6-3-8-31-28(40)22-16-19-18-41-15-14-38(19)35-22/h1-2,4-5,7,9,16-17,39H,8,10-15,18H2,(H2,29,34)(H,31,40). The summed E-state index contributed by atoms with van der Waals surface area (Å²) in [6.07, 6.45) is 1.68. The van der Waals surface area contributed by atoms with Gasteiger partial charge in [-0.05, 0) is 36.3 Å². The molecule has 0 atom stereocenters. The maximum Gasteiger partial charge on any atom is 0.272 e. The number of fused-ring (bicyclic) bond motifs is 1.